The number of aromatic nitrogens is 5. The van der Waals surface area contributed by atoms with Crippen molar-refractivity contribution in [1.82, 2.24) is 24.3 Å². The molecule has 5 aromatic carbocycles. The Balaban J connectivity index is 1.13. The number of phosphoric acid groups is 1. The van der Waals surface area contributed by atoms with Gasteiger partial charge in [-0.1, -0.05) is 92.7 Å². The molecule has 0 atom stereocenters. The minimum absolute atomic E-state index is 0.00437. The zero-order valence-corrected chi connectivity index (χ0v) is 39.1. The van der Waals surface area contributed by atoms with Crippen LogP contribution in [0.5, 0.6) is 5.75 Å². The lowest BCUT2D eigenvalue weighted by atomic mass is 9.97. The van der Waals surface area contributed by atoms with E-state index < -0.39 is 43.7 Å². The predicted octanol–water partition coefficient (Wildman–Crippen LogP) is 12.0. The van der Waals surface area contributed by atoms with Crippen LogP contribution in [0, 0.1) is 11.6 Å². The molecular formula is C52H46F5N6O6P. The van der Waals surface area contributed by atoms with E-state index in [1.807, 2.05) is 44.2 Å². The highest BCUT2D eigenvalue weighted by Gasteiger charge is 2.35. The summed E-state index contributed by atoms with van der Waals surface area (Å²) in [7, 11) is -3.12. The van der Waals surface area contributed by atoms with Gasteiger partial charge in [0.15, 0.2) is 11.6 Å². The number of ether oxygens (including phenoxy) is 1. The third-order valence-electron chi connectivity index (χ3n) is 12.2. The quantitative estimate of drug-likeness (QED) is 0.0683. The Morgan fingerprint density at radius 2 is 1.40 bits per heavy atom. The molecule has 18 heteroatoms. The molecular weight excluding hydrogens is 931 g/mol. The fourth-order valence-electron chi connectivity index (χ4n) is 8.66. The molecule has 0 amide bonds. The molecule has 360 valence electrons. The van der Waals surface area contributed by atoms with Gasteiger partial charge in [0.1, 0.15) is 11.3 Å². The SMILES string of the molecule is CCc1cccc(CC)c1-n1nc2c(c1-c1cc(F)c(OC)c3c1ccn3C(=O)c1ccc(F)cc1COP(=O)(OCc1ccccc1)OCc1ccccc1)CN(c1ncc(C(F)(F)F)cn1)CC2. The number of rotatable bonds is 16. The van der Waals surface area contributed by atoms with E-state index in [0.29, 0.717) is 64.8 Å². The second-order valence-electron chi connectivity index (χ2n) is 16.5. The zero-order chi connectivity index (χ0) is 49.2. The highest BCUT2D eigenvalue weighted by Crippen LogP contribution is 2.52. The van der Waals surface area contributed by atoms with Crippen molar-refractivity contribution in [1.29, 1.82) is 0 Å². The molecule has 0 N–H and O–H groups in total. The van der Waals surface area contributed by atoms with Gasteiger partial charge in [0.05, 0.1) is 49.6 Å². The zero-order valence-electron chi connectivity index (χ0n) is 38.3. The normalized spacial score (nSPS) is 12.9. The van der Waals surface area contributed by atoms with Crippen molar-refractivity contribution in [2.24, 2.45) is 0 Å². The summed E-state index contributed by atoms with van der Waals surface area (Å²) in [6, 6.07) is 30.3. The number of benzene rings is 5. The summed E-state index contributed by atoms with van der Waals surface area (Å²) in [6.45, 7) is 3.61. The Kier molecular flexibility index (Phi) is 13.8. The first-order valence-electron chi connectivity index (χ1n) is 22.5. The first-order chi connectivity index (χ1) is 33.8. The molecule has 0 unspecified atom stereocenters. The maximum Gasteiger partial charge on any atom is 0.475 e. The lowest BCUT2D eigenvalue weighted by Crippen LogP contribution is -2.31. The monoisotopic (exact) mass is 976 g/mol. The summed E-state index contributed by atoms with van der Waals surface area (Å²) in [5.41, 5.74) is 5.24. The van der Waals surface area contributed by atoms with E-state index in [1.165, 1.54) is 30.0 Å². The van der Waals surface area contributed by atoms with Gasteiger partial charge in [0.2, 0.25) is 5.95 Å². The maximum absolute atomic E-state index is 16.9. The molecule has 8 aromatic rings. The van der Waals surface area contributed by atoms with E-state index in [-0.39, 0.29) is 48.1 Å². The van der Waals surface area contributed by atoms with Crippen LogP contribution in [0.3, 0.4) is 0 Å². The minimum atomic E-state index is -4.63. The summed E-state index contributed by atoms with van der Waals surface area (Å²) in [4.78, 5) is 24.8. The minimum Gasteiger partial charge on any atom is -0.492 e. The van der Waals surface area contributed by atoms with Crippen molar-refractivity contribution in [3.05, 3.63) is 190 Å². The van der Waals surface area contributed by atoms with Crippen molar-refractivity contribution >= 4 is 30.6 Å². The molecule has 0 fully saturated rings. The van der Waals surface area contributed by atoms with Gasteiger partial charge in [-0.15, -0.1) is 0 Å². The molecule has 0 aliphatic carbocycles. The third-order valence-corrected chi connectivity index (χ3v) is 13.5. The van der Waals surface area contributed by atoms with Crippen LogP contribution in [0.15, 0.2) is 128 Å². The smallest absolute Gasteiger partial charge is 0.475 e. The van der Waals surface area contributed by atoms with Gasteiger partial charge < -0.3 is 9.64 Å². The van der Waals surface area contributed by atoms with Gasteiger partial charge in [-0.25, -0.2) is 28.0 Å². The number of aryl methyl sites for hydroxylation is 2. The van der Waals surface area contributed by atoms with Crippen LogP contribution in [-0.4, -0.2) is 43.9 Å². The number of nitrogens with zero attached hydrogens (tertiary/aromatic N) is 6. The molecule has 1 aliphatic rings. The number of carbonyl (C=O) groups excluding carboxylic acids is 1. The molecule has 9 rings (SSSR count). The van der Waals surface area contributed by atoms with E-state index in [1.54, 1.807) is 64.2 Å². The average molecular weight is 977 g/mol. The number of alkyl halides is 3. The van der Waals surface area contributed by atoms with Crippen LogP contribution in [0.1, 0.15) is 68.8 Å². The van der Waals surface area contributed by atoms with E-state index in [4.69, 9.17) is 23.4 Å². The number of fused-ring (bicyclic) bond motifs is 2. The molecule has 12 nitrogen and oxygen atoms in total. The summed E-state index contributed by atoms with van der Waals surface area (Å²) < 4.78 is 113. The number of phosphoric ester groups is 1. The summed E-state index contributed by atoms with van der Waals surface area (Å²) >= 11 is 0. The van der Waals surface area contributed by atoms with Crippen LogP contribution in [0.4, 0.5) is 27.9 Å². The Labute approximate surface area is 399 Å². The highest BCUT2D eigenvalue weighted by atomic mass is 31.2. The van der Waals surface area contributed by atoms with Crippen LogP contribution in [0.25, 0.3) is 27.8 Å². The van der Waals surface area contributed by atoms with Crippen molar-refractivity contribution in [3.63, 3.8) is 0 Å². The Morgan fingerprint density at radius 3 is 2.00 bits per heavy atom. The summed E-state index contributed by atoms with van der Waals surface area (Å²) in [5, 5.41) is 5.55. The molecule has 0 bridgehead atoms. The van der Waals surface area contributed by atoms with Gasteiger partial charge in [-0.2, -0.15) is 18.3 Å². The molecule has 0 saturated heterocycles. The Morgan fingerprint density at radius 1 is 0.771 bits per heavy atom. The van der Waals surface area contributed by atoms with Gasteiger partial charge in [0.25, 0.3) is 5.91 Å². The number of anilines is 1. The Bertz CT molecular complexity index is 3170. The number of para-hydroxylation sites is 1. The lowest BCUT2D eigenvalue weighted by molar-refractivity contribution is -0.138. The number of hydrogen-bond acceptors (Lipinski definition) is 10. The molecule has 3 aromatic heterocycles. The average Bonchev–Trinajstić information content (AvgIpc) is 3.99. The van der Waals surface area contributed by atoms with Crippen molar-refractivity contribution in [3.8, 4) is 22.7 Å². The van der Waals surface area contributed by atoms with Gasteiger partial charge >= 0.3 is 14.0 Å². The van der Waals surface area contributed by atoms with Crippen molar-refractivity contribution in [2.75, 3.05) is 18.6 Å². The van der Waals surface area contributed by atoms with Crippen LogP contribution < -0.4 is 9.64 Å². The predicted molar refractivity (Wildman–Crippen MR) is 253 cm³/mol. The number of methoxy groups -OCH3 is 1. The second kappa shape index (κ2) is 20.1. The molecule has 0 spiro atoms. The number of carbonyl (C=O) groups is 1. The highest BCUT2D eigenvalue weighted by molar-refractivity contribution is 7.48. The fourth-order valence-corrected chi connectivity index (χ4v) is 9.80. The van der Waals surface area contributed by atoms with Crippen LogP contribution in [0.2, 0.25) is 0 Å². The summed E-state index contributed by atoms with van der Waals surface area (Å²) in [6.07, 6.45) is -0.0678. The van der Waals surface area contributed by atoms with E-state index >= 15 is 8.78 Å². The van der Waals surface area contributed by atoms with Crippen molar-refractivity contribution < 1.29 is 49.6 Å². The van der Waals surface area contributed by atoms with Crippen LogP contribution >= 0.6 is 7.82 Å². The molecule has 70 heavy (non-hydrogen) atoms. The van der Waals surface area contributed by atoms with Crippen molar-refractivity contribution in [2.45, 2.75) is 65.7 Å². The standard InChI is InChI=1S/C52H46F5N6O6P/c1-4-35-17-12-18-36(5-2)46(35)63-47(43-29-61(23-22-45(43)60-63)51-58-27-38(28-59-51)52(55,56)57)42-26-44(54)49(66-3)48-41(42)21-24-62(48)50(64)40-20-19-39(53)25-37(40)32-69-70(65,67-30-33-13-8-6-9-14-33)68-31-34-15-10-7-11-16-34/h6-21,24-28H,4-5,22-23,29-32H2,1-3H3. The van der Waals surface area contributed by atoms with E-state index in [9.17, 15) is 22.5 Å². The molecule has 4 heterocycles. The molecule has 0 saturated carbocycles. The molecule has 1 aliphatic heterocycles. The summed E-state index contributed by atoms with van der Waals surface area (Å²) in [5.74, 6) is -2.43. The first-order valence-corrected chi connectivity index (χ1v) is 23.9. The Hall–Kier alpha value is -7.04. The fraction of sp³-hybridized carbons (Fsp3) is 0.231. The van der Waals surface area contributed by atoms with Crippen LogP contribution in [-0.2, 0) is 69.9 Å². The van der Waals surface area contributed by atoms with Gasteiger partial charge in [-0.05, 0) is 71.0 Å². The van der Waals surface area contributed by atoms with E-state index in [0.717, 1.165) is 41.3 Å². The number of halogens is 5. The first kappa shape index (κ1) is 48.0. The topological polar surface area (TPSA) is 123 Å². The third kappa shape index (κ3) is 9.75. The largest absolute Gasteiger partial charge is 0.492 e. The van der Waals surface area contributed by atoms with Gasteiger partial charge in [0, 0.05) is 60.2 Å². The second-order valence-corrected chi connectivity index (χ2v) is 18.2. The van der Waals surface area contributed by atoms with E-state index in [2.05, 4.69) is 9.97 Å². The van der Waals surface area contributed by atoms with Gasteiger partial charge in [-0.3, -0.25) is 22.9 Å². The molecule has 0 radical (unpaired) electrons. The number of hydrogen-bond donors (Lipinski definition) is 0. The maximum atomic E-state index is 16.9. The lowest BCUT2D eigenvalue weighted by Gasteiger charge is -2.27.